The zero-order valence-electron chi connectivity index (χ0n) is 9.14. The molecule has 1 heterocycles. The molecular weight excluding hydrogens is 300 g/mol. The number of carbonyl (C=O) groups excluding carboxylic acids is 1. The molecule has 1 saturated heterocycles. The van der Waals surface area contributed by atoms with E-state index in [1.54, 1.807) is 0 Å². The minimum absolute atomic E-state index is 0.107. The molecule has 1 aliphatic rings. The second-order valence-corrected chi connectivity index (χ2v) is 6.59. The van der Waals surface area contributed by atoms with Crippen LogP contribution in [0.25, 0.3) is 0 Å². The van der Waals surface area contributed by atoms with Crippen molar-refractivity contribution in [3.05, 3.63) is 0 Å². The molecule has 2 unspecified atom stereocenters. The average Bonchev–Trinajstić information content (AvgIpc) is 2.21. The van der Waals surface area contributed by atoms with Crippen molar-refractivity contribution in [2.45, 2.75) is 18.2 Å². The van der Waals surface area contributed by atoms with Crippen LogP contribution in [0.1, 0.15) is 13.3 Å². The lowest BCUT2D eigenvalue weighted by Gasteiger charge is -2.32. The SMILES string of the molecule is COC(=O)NS(=O)(=O)N1CCC(C)C(Br)C1. The number of carbonyl (C=O) groups is 1. The number of hydrogen-bond donors (Lipinski definition) is 1. The summed E-state index contributed by atoms with van der Waals surface area (Å²) in [7, 11) is -2.65. The lowest BCUT2D eigenvalue weighted by Crippen LogP contribution is -2.49. The quantitative estimate of drug-likeness (QED) is 0.761. The number of ether oxygens (including phenoxy) is 1. The maximum atomic E-state index is 11.7. The van der Waals surface area contributed by atoms with E-state index in [1.807, 2.05) is 4.72 Å². The number of hydrogen-bond acceptors (Lipinski definition) is 4. The van der Waals surface area contributed by atoms with Gasteiger partial charge in [-0.3, -0.25) is 0 Å². The molecule has 94 valence electrons. The third-order valence-corrected chi connectivity index (χ3v) is 5.20. The Labute approximate surface area is 104 Å². The molecule has 0 saturated carbocycles. The van der Waals surface area contributed by atoms with Crippen LogP contribution in [0, 0.1) is 5.92 Å². The van der Waals surface area contributed by atoms with E-state index in [-0.39, 0.29) is 4.83 Å². The van der Waals surface area contributed by atoms with Gasteiger partial charge in [-0.05, 0) is 12.3 Å². The number of alkyl halides is 1. The van der Waals surface area contributed by atoms with Gasteiger partial charge in [-0.2, -0.15) is 12.7 Å². The highest BCUT2D eigenvalue weighted by atomic mass is 79.9. The molecule has 2 atom stereocenters. The van der Waals surface area contributed by atoms with E-state index < -0.39 is 16.3 Å². The van der Waals surface area contributed by atoms with Gasteiger partial charge < -0.3 is 4.74 Å². The molecule has 16 heavy (non-hydrogen) atoms. The fourth-order valence-corrected chi connectivity index (χ4v) is 3.36. The number of rotatable bonds is 2. The Morgan fingerprint density at radius 2 is 2.19 bits per heavy atom. The monoisotopic (exact) mass is 314 g/mol. The van der Waals surface area contributed by atoms with Gasteiger partial charge in [0.25, 0.3) is 0 Å². The first-order valence-electron chi connectivity index (χ1n) is 4.86. The van der Waals surface area contributed by atoms with Gasteiger partial charge in [-0.25, -0.2) is 9.52 Å². The van der Waals surface area contributed by atoms with Crippen molar-refractivity contribution in [3.8, 4) is 0 Å². The summed E-state index contributed by atoms with van der Waals surface area (Å²) in [5, 5.41) is 0. The third-order valence-electron chi connectivity index (χ3n) is 2.57. The Morgan fingerprint density at radius 3 is 2.69 bits per heavy atom. The number of amides is 1. The fourth-order valence-electron chi connectivity index (χ4n) is 1.42. The van der Waals surface area contributed by atoms with Crippen molar-refractivity contribution >= 4 is 32.2 Å². The molecule has 0 aromatic rings. The second kappa shape index (κ2) is 5.33. The maximum Gasteiger partial charge on any atom is 0.421 e. The van der Waals surface area contributed by atoms with Crippen LogP contribution in [-0.2, 0) is 14.9 Å². The molecule has 0 bridgehead atoms. The predicted molar refractivity (Wildman–Crippen MR) is 62.5 cm³/mol. The van der Waals surface area contributed by atoms with Gasteiger partial charge >= 0.3 is 16.3 Å². The van der Waals surface area contributed by atoms with E-state index in [2.05, 4.69) is 27.6 Å². The van der Waals surface area contributed by atoms with E-state index >= 15 is 0 Å². The Balaban J connectivity index is 2.67. The normalized spacial score (nSPS) is 27.4. The van der Waals surface area contributed by atoms with E-state index in [1.165, 1.54) is 4.31 Å². The van der Waals surface area contributed by atoms with Crippen molar-refractivity contribution in [3.63, 3.8) is 0 Å². The number of halogens is 1. The summed E-state index contributed by atoms with van der Waals surface area (Å²) in [5.74, 6) is 0.421. The van der Waals surface area contributed by atoms with Crippen LogP contribution in [0.2, 0.25) is 0 Å². The van der Waals surface area contributed by atoms with Crippen LogP contribution in [0.4, 0.5) is 4.79 Å². The van der Waals surface area contributed by atoms with Crippen LogP contribution < -0.4 is 4.72 Å². The summed E-state index contributed by atoms with van der Waals surface area (Å²) in [6, 6.07) is 0. The van der Waals surface area contributed by atoms with Gasteiger partial charge in [0.15, 0.2) is 0 Å². The van der Waals surface area contributed by atoms with Crippen LogP contribution in [0.3, 0.4) is 0 Å². The van der Waals surface area contributed by atoms with Crippen molar-refractivity contribution < 1.29 is 17.9 Å². The molecule has 0 aromatic heterocycles. The van der Waals surface area contributed by atoms with Crippen molar-refractivity contribution in [2.75, 3.05) is 20.2 Å². The average molecular weight is 315 g/mol. The second-order valence-electron chi connectivity index (χ2n) is 3.74. The Bertz CT molecular complexity index is 359. The van der Waals surface area contributed by atoms with Gasteiger partial charge in [0.2, 0.25) is 0 Å². The summed E-state index contributed by atoms with van der Waals surface area (Å²) in [5.41, 5.74) is 0. The Morgan fingerprint density at radius 1 is 1.56 bits per heavy atom. The maximum absolute atomic E-state index is 11.7. The summed E-state index contributed by atoms with van der Waals surface area (Å²) in [6.07, 6.45) is -0.206. The van der Waals surface area contributed by atoms with E-state index in [0.717, 1.165) is 13.5 Å². The minimum Gasteiger partial charge on any atom is -0.452 e. The molecule has 6 nitrogen and oxygen atoms in total. The highest BCUT2D eigenvalue weighted by Gasteiger charge is 2.32. The van der Waals surface area contributed by atoms with E-state index in [9.17, 15) is 13.2 Å². The molecule has 1 fully saturated rings. The Hall–Kier alpha value is -0.340. The third kappa shape index (κ3) is 3.33. The molecule has 1 aliphatic heterocycles. The van der Waals surface area contributed by atoms with E-state index in [0.29, 0.717) is 19.0 Å². The summed E-state index contributed by atoms with van der Waals surface area (Å²) >= 11 is 3.42. The van der Waals surface area contributed by atoms with Gasteiger partial charge in [-0.1, -0.05) is 22.9 Å². The zero-order valence-corrected chi connectivity index (χ0v) is 11.5. The minimum atomic E-state index is -3.77. The topological polar surface area (TPSA) is 75.7 Å². The largest absolute Gasteiger partial charge is 0.452 e. The van der Waals surface area contributed by atoms with Gasteiger partial charge in [-0.15, -0.1) is 0 Å². The predicted octanol–water partition coefficient (Wildman–Crippen LogP) is 0.692. The zero-order chi connectivity index (χ0) is 12.3. The molecular formula is C8H15BrN2O4S. The first kappa shape index (κ1) is 13.7. The molecule has 0 aliphatic carbocycles. The van der Waals surface area contributed by atoms with Crippen LogP contribution in [0.5, 0.6) is 0 Å². The first-order chi connectivity index (χ1) is 7.36. The lowest BCUT2D eigenvalue weighted by atomic mass is 10.0. The first-order valence-corrected chi connectivity index (χ1v) is 7.22. The lowest BCUT2D eigenvalue weighted by molar-refractivity contribution is 0.176. The molecule has 0 spiro atoms. The van der Waals surface area contributed by atoms with Crippen LogP contribution >= 0.6 is 15.9 Å². The van der Waals surface area contributed by atoms with Crippen molar-refractivity contribution in [2.24, 2.45) is 5.92 Å². The van der Waals surface area contributed by atoms with Crippen LogP contribution in [0.15, 0.2) is 0 Å². The summed E-state index contributed by atoms with van der Waals surface area (Å²) in [6.45, 7) is 2.82. The molecule has 1 amide bonds. The summed E-state index contributed by atoms with van der Waals surface area (Å²) < 4.78 is 30.7. The molecule has 0 aromatic carbocycles. The highest BCUT2D eigenvalue weighted by molar-refractivity contribution is 9.09. The van der Waals surface area contributed by atoms with Gasteiger partial charge in [0, 0.05) is 17.9 Å². The molecule has 1 rings (SSSR count). The summed E-state index contributed by atoms with van der Waals surface area (Å²) in [4.78, 5) is 11.0. The molecule has 0 radical (unpaired) electrons. The standard InChI is InChI=1S/C8H15BrN2O4S/c1-6-3-4-11(5-7(6)9)16(13,14)10-8(12)15-2/h6-7H,3-5H2,1-2H3,(H,10,12). The van der Waals surface area contributed by atoms with Crippen molar-refractivity contribution in [1.29, 1.82) is 0 Å². The fraction of sp³-hybridized carbons (Fsp3) is 0.875. The number of nitrogens with zero attached hydrogens (tertiary/aromatic N) is 1. The molecule has 1 N–H and O–H groups in total. The highest BCUT2D eigenvalue weighted by Crippen LogP contribution is 2.24. The van der Waals surface area contributed by atoms with Crippen molar-refractivity contribution in [1.82, 2.24) is 9.03 Å². The molecule has 8 heteroatoms. The van der Waals surface area contributed by atoms with Gasteiger partial charge in [0.1, 0.15) is 0 Å². The number of piperidine rings is 1. The smallest absolute Gasteiger partial charge is 0.421 e. The van der Waals surface area contributed by atoms with Gasteiger partial charge in [0.05, 0.1) is 7.11 Å². The Kier molecular flexibility index (Phi) is 4.57. The van der Waals surface area contributed by atoms with Crippen LogP contribution in [-0.4, -0.2) is 43.8 Å². The van der Waals surface area contributed by atoms with E-state index in [4.69, 9.17) is 0 Å². The number of nitrogens with one attached hydrogen (secondary N) is 1. The number of methoxy groups -OCH3 is 1.